The van der Waals surface area contributed by atoms with Gasteiger partial charge in [-0.15, -0.1) is 0 Å². The van der Waals surface area contributed by atoms with Crippen LogP contribution >= 0.6 is 0 Å². The third-order valence-electron chi connectivity index (χ3n) is 5.55. The molecule has 22 heavy (non-hydrogen) atoms. The normalized spacial score (nSPS) is 28.5. The number of piperidine rings is 1. The summed E-state index contributed by atoms with van der Waals surface area (Å²) in [5.74, 6) is 0. The van der Waals surface area contributed by atoms with E-state index < -0.39 is 0 Å². The number of nitrogens with zero attached hydrogens (tertiary/aromatic N) is 3. The van der Waals surface area contributed by atoms with Crippen LogP contribution in [0.3, 0.4) is 0 Å². The predicted octanol–water partition coefficient (Wildman–Crippen LogP) is 2.41. The van der Waals surface area contributed by atoms with E-state index in [9.17, 15) is 4.79 Å². The van der Waals surface area contributed by atoms with Crippen LogP contribution in [0.15, 0.2) is 30.3 Å². The van der Waals surface area contributed by atoms with Crippen molar-refractivity contribution in [2.45, 2.75) is 31.2 Å². The molecule has 1 aromatic carbocycles. The van der Waals surface area contributed by atoms with E-state index in [0.717, 1.165) is 32.6 Å². The minimum absolute atomic E-state index is 0.143. The molecule has 0 aliphatic carbocycles. The van der Waals surface area contributed by atoms with E-state index in [-0.39, 0.29) is 11.4 Å². The van der Waals surface area contributed by atoms with Crippen LogP contribution in [0.2, 0.25) is 0 Å². The predicted molar refractivity (Wildman–Crippen MR) is 89.0 cm³/mol. The van der Waals surface area contributed by atoms with Crippen LogP contribution in [-0.4, -0.2) is 67.0 Å². The summed E-state index contributed by atoms with van der Waals surface area (Å²) < 4.78 is 0. The molecule has 2 aliphatic heterocycles. The number of hydrogen-bond donors (Lipinski definition) is 0. The molecular weight excluding hydrogens is 274 g/mol. The average molecular weight is 301 g/mol. The van der Waals surface area contributed by atoms with E-state index in [4.69, 9.17) is 0 Å². The third kappa shape index (κ3) is 2.39. The van der Waals surface area contributed by atoms with Crippen LogP contribution < -0.4 is 0 Å². The first kappa shape index (κ1) is 15.3. The molecule has 2 aliphatic rings. The zero-order valence-corrected chi connectivity index (χ0v) is 14.0. The van der Waals surface area contributed by atoms with Crippen molar-refractivity contribution >= 4 is 6.03 Å². The summed E-state index contributed by atoms with van der Waals surface area (Å²) in [5, 5.41) is 0. The minimum Gasteiger partial charge on any atom is -0.331 e. The molecule has 0 aromatic heterocycles. The summed E-state index contributed by atoms with van der Waals surface area (Å²) in [5.41, 5.74) is 1.67. The molecule has 2 atom stereocenters. The van der Waals surface area contributed by atoms with E-state index in [1.54, 1.807) is 4.90 Å². The van der Waals surface area contributed by atoms with E-state index >= 15 is 0 Å². The van der Waals surface area contributed by atoms with Crippen molar-refractivity contribution in [1.29, 1.82) is 0 Å². The second kappa shape index (κ2) is 5.92. The van der Waals surface area contributed by atoms with Gasteiger partial charge in [0.25, 0.3) is 0 Å². The number of rotatable bonds is 2. The van der Waals surface area contributed by atoms with Gasteiger partial charge in [0.15, 0.2) is 0 Å². The Labute approximate surface area is 133 Å². The van der Waals surface area contributed by atoms with Gasteiger partial charge >= 0.3 is 6.03 Å². The molecule has 0 saturated carbocycles. The maximum atomic E-state index is 12.4. The third-order valence-corrected chi connectivity index (χ3v) is 5.55. The van der Waals surface area contributed by atoms with Crippen LogP contribution in [0.1, 0.15) is 25.3 Å². The largest absolute Gasteiger partial charge is 0.331 e. The van der Waals surface area contributed by atoms with E-state index in [2.05, 4.69) is 42.2 Å². The van der Waals surface area contributed by atoms with E-state index in [0.29, 0.717) is 6.04 Å². The highest BCUT2D eigenvalue weighted by atomic mass is 16.2. The molecule has 0 radical (unpaired) electrons. The number of urea groups is 1. The zero-order valence-electron chi connectivity index (χ0n) is 14.0. The number of carbonyl (C=O) groups is 1. The van der Waals surface area contributed by atoms with Gasteiger partial charge in [-0.1, -0.05) is 37.3 Å². The quantitative estimate of drug-likeness (QED) is 0.839. The number of amides is 2. The van der Waals surface area contributed by atoms with Crippen LogP contribution in [0.5, 0.6) is 0 Å². The van der Waals surface area contributed by atoms with Gasteiger partial charge in [0.1, 0.15) is 0 Å². The standard InChI is InChI=1S/C18H27N3O/c1-4-20-12-10-18(15-8-6-5-7-9-15)11-13-21(14-16(18)20)17(22)19(2)3/h5-9,16H,4,10-14H2,1-3H3/t16-,18-/m0/s1. The fourth-order valence-electron chi connectivity index (χ4n) is 4.32. The van der Waals surface area contributed by atoms with Gasteiger partial charge < -0.3 is 9.80 Å². The van der Waals surface area contributed by atoms with Crippen LogP contribution in [-0.2, 0) is 5.41 Å². The number of benzene rings is 1. The molecule has 4 heteroatoms. The fourth-order valence-corrected chi connectivity index (χ4v) is 4.32. The monoisotopic (exact) mass is 301 g/mol. The van der Waals surface area contributed by atoms with Crippen molar-refractivity contribution in [3.8, 4) is 0 Å². The smallest absolute Gasteiger partial charge is 0.319 e. The van der Waals surface area contributed by atoms with Crippen molar-refractivity contribution in [1.82, 2.24) is 14.7 Å². The Morgan fingerprint density at radius 1 is 1.23 bits per heavy atom. The fraction of sp³-hybridized carbons (Fsp3) is 0.611. The van der Waals surface area contributed by atoms with Crippen molar-refractivity contribution in [3.63, 3.8) is 0 Å². The first-order chi connectivity index (χ1) is 10.6. The molecule has 3 rings (SSSR count). The molecular formula is C18H27N3O. The lowest BCUT2D eigenvalue weighted by Crippen LogP contribution is -2.58. The summed E-state index contributed by atoms with van der Waals surface area (Å²) in [7, 11) is 3.68. The lowest BCUT2D eigenvalue weighted by Gasteiger charge is -2.47. The highest BCUT2D eigenvalue weighted by Gasteiger charge is 2.51. The second-order valence-corrected chi connectivity index (χ2v) is 6.79. The maximum Gasteiger partial charge on any atom is 0.319 e. The molecule has 1 aromatic rings. The number of hydrogen-bond acceptors (Lipinski definition) is 2. The highest BCUT2D eigenvalue weighted by Crippen LogP contribution is 2.45. The minimum atomic E-state index is 0.143. The summed E-state index contributed by atoms with van der Waals surface area (Å²) in [6.07, 6.45) is 2.28. The van der Waals surface area contributed by atoms with Gasteiger partial charge in [0, 0.05) is 38.6 Å². The summed E-state index contributed by atoms with van der Waals surface area (Å²) in [6.45, 7) is 6.14. The average Bonchev–Trinajstić information content (AvgIpc) is 2.93. The first-order valence-electron chi connectivity index (χ1n) is 8.34. The second-order valence-electron chi connectivity index (χ2n) is 6.79. The molecule has 2 amide bonds. The molecule has 2 heterocycles. The Morgan fingerprint density at radius 2 is 1.91 bits per heavy atom. The molecule has 4 nitrogen and oxygen atoms in total. The lowest BCUT2D eigenvalue weighted by molar-refractivity contribution is 0.0906. The SMILES string of the molecule is CCN1CC[C@@]2(c3ccccc3)CCN(C(=O)N(C)C)C[C@H]12. The Balaban J connectivity index is 1.90. The van der Waals surface area contributed by atoms with Crippen molar-refractivity contribution in [3.05, 3.63) is 35.9 Å². The Bertz CT molecular complexity index is 530. The number of carbonyl (C=O) groups excluding carboxylic acids is 1. The molecule has 0 N–H and O–H groups in total. The van der Waals surface area contributed by atoms with Crippen LogP contribution in [0, 0.1) is 0 Å². The topological polar surface area (TPSA) is 26.8 Å². The summed E-state index contributed by atoms with van der Waals surface area (Å²) in [6, 6.07) is 11.5. The van der Waals surface area contributed by atoms with Crippen molar-refractivity contribution in [2.24, 2.45) is 0 Å². The van der Waals surface area contributed by atoms with Crippen molar-refractivity contribution < 1.29 is 4.79 Å². The van der Waals surface area contributed by atoms with Gasteiger partial charge in [-0.05, 0) is 31.5 Å². The molecule has 120 valence electrons. The van der Waals surface area contributed by atoms with E-state index in [1.165, 1.54) is 12.0 Å². The van der Waals surface area contributed by atoms with Gasteiger partial charge in [0.2, 0.25) is 0 Å². The van der Waals surface area contributed by atoms with Gasteiger partial charge in [-0.3, -0.25) is 4.90 Å². The lowest BCUT2D eigenvalue weighted by atomic mass is 9.69. The van der Waals surface area contributed by atoms with Gasteiger partial charge in [-0.2, -0.15) is 0 Å². The molecule has 2 saturated heterocycles. The number of fused-ring (bicyclic) bond motifs is 1. The Hall–Kier alpha value is -1.55. The molecule has 0 unspecified atom stereocenters. The number of likely N-dealkylation sites (tertiary alicyclic amines) is 2. The summed E-state index contributed by atoms with van der Waals surface area (Å²) >= 11 is 0. The Kier molecular flexibility index (Phi) is 4.13. The number of likely N-dealkylation sites (N-methyl/N-ethyl adjacent to an activating group) is 1. The summed E-state index contributed by atoms with van der Waals surface area (Å²) in [4.78, 5) is 18.6. The first-order valence-corrected chi connectivity index (χ1v) is 8.34. The molecule has 2 fully saturated rings. The Morgan fingerprint density at radius 3 is 2.55 bits per heavy atom. The van der Waals surface area contributed by atoms with Crippen molar-refractivity contribution in [2.75, 3.05) is 40.3 Å². The molecule has 0 bridgehead atoms. The molecule has 0 spiro atoms. The van der Waals surface area contributed by atoms with E-state index in [1.807, 2.05) is 19.0 Å². The highest BCUT2D eigenvalue weighted by molar-refractivity contribution is 5.74. The van der Waals surface area contributed by atoms with Crippen LogP contribution in [0.25, 0.3) is 0 Å². The maximum absolute atomic E-state index is 12.4. The van der Waals surface area contributed by atoms with Gasteiger partial charge in [0.05, 0.1) is 0 Å². The van der Waals surface area contributed by atoms with Gasteiger partial charge in [-0.25, -0.2) is 4.79 Å². The van der Waals surface area contributed by atoms with Crippen LogP contribution in [0.4, 0.5) is 4.79 Å². The zero-order chi connectivity index (χ0) is 15.7.